The van der Waals surface area contributed by atoms with Crippen molar-refractivity contribution < 1.29 is 8.42 Å². The summed E-state index contributed by atoms with van der Waals surface area (Å²) in [6.45, 7) is 5.72. The Morgan fingerprint density at radius 3 is 2.31 bits per heavy atom. The molecule has 2 rings (SSSR count). The maximum absolute atomic E-state index is 11.9. The lowest BCUT2D eigenvalue weighted by Gasteiger charge is -2.28. The Morgan fingerprint density at radius 1 is 1.25 bits per heavy atom. The van der Waals surface area contributed by atoms with Gasteiger partial charge in [0.15, 0.2) is 0 Å². The molecule has 0 unspecified atom stereocenters. The van der Waals surface area contributed by atoms with Crippen LogP contribution in [0, 0.1) is 6.92 Å². The molecular weight excluding hydrogens is 222 g/mol. The molecule has 0 aromatic heterocycles. The van der Waals surface area contributed by atoms with Gasteiger partial charge in [-0.2, -0.15) is 0 Å². The van der Waals surface area contributed by atoms with E-state index in [4.69, 9.17) is 0 Å². The molecule has 0 spiro atoms. The summed E-state index contributed by atoms with van der Waals surface area (Å²) in [5.74, 6) is 0. The molecule has 0 atom stereocenters. The molecule has 0 bridgehead atoms. The van der Waals surface area contributed by atoms with Gasteiger partial charge in [-0.05, 0) is 31.9 Å². The predicted molar refractivity (Wildman–Crippen MR) is 63.7 cm³/mol. The van der Waals surface area contributed by atoms with Gasteiger partial charge < -0.3 is 0 Å². The van der Waals surface area contributed by atoms with E-state index < -0.39 is 10.0 Å². The maximum Gasteiger partial charge on any atom is 0.240 e. The molecule has 0 heterocycles. The number of sulfonamides is 1. The highest BCUT2D eigenvalue weighted by Crippen LogP contribution is 2.25. The van der Waals surface area contributed by atoms with Gasteiger partial charge in [0.2, 0.25) is 10.0 Å². The van der Waals surface area contributed by atoms with Crippen LogP contribution in [0.4, 0.5) is 0 Å². The van der Waals surface area contributed by atoms with Crippen molar-refractivity contribution in [3.05, 3.63) is 42.0 Å². The number of benzene rings is 1. The van der Waals surface area contributed by atoms with Crippen LogP contribution in [0.3, 0.4) is 0 Å². The van der Waals surface area contributed by atoms with Gasteiger partial charge in [0.1, 0.15) is 0 Å². The molecule has 1 N–H and O–H groups in total. The Balaban J connectivity index is 2.13. The van der Waals surface area contributed by atoms with E-state index in [1.807, 2.05) is 6.92 Å². The predicted octanol–water partition coefficient (Wildman–Crippen LogP) is 1.99. The molecule has 86 valence electrons. The van der Waals surface area contributed by atoms with Crippen LogP contribution in [-0.4, -0.2) is 14.5 Å². The van der Waals surface area contributed by atoms with E-state index in [9.17, 15) is 8.42 Å². The number of nitrogens with one attached hydrogen (secondary N) is 1. The second kappa shape index (κ2) is 4.03. The van der Waals surface area contributed by atoms with E-state index >= 15 is 0 Å². The summed E-state index contributed by atoms with van der Waals surface area (Å²) in [6.07, 6.45) is 1.51. The van der Waals surface area contributed by atoms with Crippen molar-refractivity contribution in [1.29, 1.82) is 0 Å². The minimum Gasteiger partial charge on any atom is -0.207 e. The zero-order valence-corrected chi connectivity index (χ0v) is 10.0. The van der Waals surface area contributed by atoms with Gasteiger partial charge in [0.25, 0.3) is 0 Å². The van der Waals surface area contributed by atoms with E-state index in [1.54, 1.807) is 24.3 Å². The van der Waals surface area contributed by atoms with Crippen LogP contribution in [-0.2, 0) is 10.0 Å². The van der Waals surface area contributed by atoms with Gasteiger partial charge in [-0.25, -0.2) is 13.1 Å². The first-order valence-electron chi connectivity index (χ1n) is 5.23. The molecule has 1 aromatic carbocycles. The smallest absolute Gasteiger partial charge is 0.207 e. The zero-order chi connectivity index (χ0) is 11.8. The number of aryl methyl sites for hydroxylation is 1. The summed E-state index contributed by atoms with van der Waals surface area (Å²) in [4.78, 5) is 0.329. The molecule has 0 saturated heterocycles. The van der Waals surface area contributed by atoms with Crippen molar-refractivity contribution in [2.24, 2.45) is 0 Å². The van der Waals surface area contributed by atoms with Crippen LogP contribution in [0.25, 0.3) is 0 Å². The molecule has 3 nitrogen and oxygen atoms in total. The van der Waals surface area contributed by atoms with E-state index in [2.05, 4.69) is 11.3 Å². The van der Waals surface area contributed by atoms with Gasteiger partial charge in [0.05, 0.1) is 4.90 Å². The summed E-state index contributed by atoms with van der Waals surface area (Å²) in [5, 5.41) is 0. The third-order valence-corrected chi connectivity index (χ3v) is 4.26. The molecule has 0 amide bonds. The quantitative estimate of drug-likeness (QED) is 0.817. The normalized spacial score (nSPS) is 17.2. The molecule has 1 aliphatic carbocycles. The minimum atomic E-state index is -3.35. The standard InChI is InChI=1S/C12H15NO2S/c1-9-3-5-12(6-4-9)16(14,15)13-11-7-10(2)8-11/h3-6,11,13H,2,7-8H2,1H3. The monoisotopic (exact) mass is 237 g/mol. The molecule has 1 aromatic rings. The lowest BCUT2D eigenvalue weighted by Crippen LogP contribution is -2.40. The van der Waals surface area contributed by atoms with Crippen LogP contribution < -0.4 is 4.72 Å². The topological polar surface area (TPSA) is 46.2 Å². The molecule has 16 heavy (non-hydrogen) atoms. The van der Waals surface area contributed by atoms with Crippen molar-refractivity contribution in [3.8, 4) is 0 Å². The van der Waals surface area contributed by atoms with Gasteiger partial charge in [-0.1, -0.05) is 29.8 Å². The molecule has 1 saturated carbocycles. The van der Waals surface area contributed by atoms with Gasteiger partial charge in [-0.15, -0.1) is 0 Å². The number of hydrogen-bond acceptors (Lipinski definition) is 2. The molecule has 0 radical (unpaired) electrons. The lowest BCUT2D eigenvalue weighted by atomic mass is 9.89. The van der Waals surface area contributed by atoms with Crippen molar-refractivity contribution in [2.45, 2.75) is 30.7 Å². The Labute approximate surface area is 96.2 Å². The Morgan fingerprint density at radius 2 is 1.81 bits per heavy atom. The lowest BCUT2D eigenvalue weighted by molar-refractivity contribution is 0.482. The molecular formula is C12H15NO2S. The van der Waals surface area contributed by atoms with Crippen LogP contribution in [0.2, 0.25) is 0 Å². The van der Waals surface area contributed by atoms with Crippen molar-refractivity contribution in [2.75, 3.05) is 0 Å². The fraction of sp³-hybridized carbons (Fsp3) is 0.333. The Hall–Kier alpha value is -1.13. The van der Waals surface area contributed by atoms with E-state index in [0.29, 0.717) is 4.90 Å². The number of rotatable bonds is 3. The second-order valence-corrected chi connectivity index (χ2v) is 6.00. The highest BCUT2D eigenvalue weighted by Gasteiger charge is 2.26. The van der Waals surface area contributed by atoms with Gasteiger partial charge in [-0.3, -0.25) is 0 Å². The molecule has 1 aliphatic rings. The average molecular weight is 237 g/mol. The van der Waals surface area contributed by atoms with E-state index in [1.165, 1.54) is 0 Å². The summed E-state index contributed by atoms with van der Waals surface area (Å²) >= 11 is 0. The van der Waals surface area contributed by atoms with E-state index in [0.717, 1.165) is 24.0 Å². The van der Waals surface area contributed by atoms with E-state index in [-0.39, 0.29) is 6.04 Å². The summed E-state index contributed by atoms with van der Waals surface area (Å²) in [7, 11) is -3.35. The van der Waals surface area contributed by atoms with Crippen molar-refractivity contribution >= 4 is 10.0 Å². The molecule has 4 heteroatoms. The minimum absolute atomic E-state index is 0.0267. The van der Waals surface area contributed by atoms with Crippen LogP contribution in [0.1, 0.15) is 18.4 Å². The van der Waals surface area contributed by atoms with Gasteiger partial charge in [0, 0.05) is 6.04 Å². The third-order valence-electron chi connectivity index (χ3n) is 2.72. The fourth-order valence-corrected chi connectivity index (χ4v) is 2.96. The van der Waals surface area contributed by atoms with Crippen molar-refractivity contribution in [3.63, 3.8) is 0 Å². The first-order chi connectivity index (χ1) is 7.47. The molecule has 1 fully saturated rings. The third kappa shape index (κ3) is 2.33. The van der Waals surface area contributed by atoms with Crippen LogP contribution in [0.5, 0.6) is 0 Å². The Kier molecular flexibility index (Phi) is 2.86. The number of hydrogen-bond donors (Lipinski definition) is 1. The SMILES string of the molecule is C=C1CC(NS(=O)(=O)c2ccc(C)cc2)C1. The van der Waals surface area contributed by atoms with Crippen molar-refractivity contribution in [1.82, 2.24) is 4.72 Å². The van der Waals surface area contributed by atoms with Crippen LogP contribution >= 0.6 is 0 Å². The first-order valence-corrected chi connectivity index (χ1v) is 6.71. The largest absolute Gasteiger partial charge is 0.240 e. The average Bonchev–Trinajstić information content (AvgIpc) is 2.15. The highest BCUT2D eigenvalue weighted by molar-refractivity contribution is 7.89. The maximum atomic E-state index is 11.9. The first kappa shape index (κ1) is 11.4. The Bertz CT molecular complexity index is 494. The van der Waals surface area contributed by atoms with Gasteiger partial charge >= 0.3 is 0 Å². The second-order valence-electron chi connectivity index (χ2n) is 4.29. The summed E-state index contributed by atoms with van der Waals surface area (Å²) in [5.41, 5.74) is 2.16. The summed E-state index contributed by atoms with van der Waals surface area (Å²) in [6, 6.07) is 6.89. The fourth-order valence-electron chi connectivity index (χ4n) is 1.73. The summed E-state index contributed by atoms with van der Waals surface area (Å²) < 4.78 is 26.5. The highest BCUT2D eigenvalue weighted by atomic mass is 32.2. The van der Waals surface area contributed by atoms with Crippen LogP contribution in [0.15, 0.2) is 41.3 Å². The zero-order valence-electron chi connectivity index (χ0n) is 9.23. The molecule has 0 aliphatic heterocycles.